The number of hydrogen-bond donors (Lipinski definition) is 1. The molecule has 1 saturated heterocycles. The summed E-state index contributed by atoms with van der Waals surface area (Å²) in [5, 5.41) is 2.60. The Balaban J connectivity index is 1.62. The molecule has 1 heterocycles. The van der Waals surface area contributed by atoms with Crippen molar-refractivity contribution in [3.8, 4) is 0 Å². The standard InChI is InChI=1S/C20H26N2O6S/c1-14(23)21-16-8-6-15(7-9-16)20(25)28-12-19(24)22(17-4-2-3-5-17)18-10-11-29(26,27)13-18/h6-9,17-18H,2-5,10-13H2,1H3,(H,21,23)/t18-/m0/s1. The van der Waals surface area contributed by atoms with Crippen molar-refractivity contribution < 1.29 is 27.5 Å². The van der Waals surface area contributed by atoms with Gasteiger partial charge < -0.3 is 15.0 Å². The third-order valence-corrected chi connectivity index (χ3v) is 7.13. The van der Waals surface area contributed by atoms with Gasteiger partial charge in [0.05, 0.1) is 17.1 Å². The van der Waals surface area contributed by atoms with Crippen LogP contribution in [0.2, 0.25) is 0 Å². The summed E-state index contributed by atoms with van der Waals surface area (Å²) in [5.74, 6) is -1.13. The van der Waals surface area contributed by atoms with E-state index in [0.29, 0.717) is 12.1 Å². The van der Waals surface area contributed by atoms with Gasteiger partial charge >= 0.3 is 5.97 Å². The Morgan fingerprint density at radius 2 is 1.72 bits per heavy atom. The zero-order valence-corrected chi connectivity index (χ0v) is 17.2. The van der Waals surface area contributed by atoms with Crippen molar-refractivity contribution in [1.29, 1.82) is 0 Å². The molecule has 1 saturated carbocycles. The Labute approximate surface area is 170 Å². The van der Waals surface area contributed by atoms with Gasteiger partial charge in [0.15, 0.2) is 16.4 Å². The molecule has 1 aliphatic heterocycles. The van der Waals surface area contributed by atoms with E-state index in [1.165, 1.54) is 19.1 Å². The van der Waals surface area contributed by atoms with Crippen molar-refractivity contribution in [3.63, 3.8) is 0 Å². The maximum Gasteiger partial charge on any atom is 0.338 e. The highest BCUT2D eigenvalue weighted by molar-refractivity contribution is 7.91. The molecule has 2 fully saturated rings. The van der Waals surface area contributed by atoms with Gasteiger partial charge in [0, 0.05) is 24.7 Å². The van der Waals surface area contributed by atoms with E-state index in [-0.39, 0.29) is 41.0 Å². The first-order chi connectivity index (χ1) is 13.7. The lowest BCUT2D eigenvalue weighted by Gasteiger charge is -2.33. The second-order valence-corrected chi connectivity index (χ2v) is 9.86. The van der Waals surface area contributed by atoms with Crippen molar-refractivity contribution in [2.75, 3.05) is 23.4 Å². The Bertz CT molecular complexity index is 875. The third kappa shape index (κ3) is 5.56. The zero-order valence-electron chi connectivity index (χ0n) is 16.4. The number of carbonyl (C=O) groups is 3. The van der Waals surface area contributed by atoms with Crippen LogP contribution < -0.4 is 5.32 Å². The molecule has 0 unspecified atom stereocenters. The summed E-state index contributed by atoms with van der Waals surface area (Å²) >= 11 is 0. The molecule has 1 aliphatic carbocycles. The highest BCUT2D eigenvalue weighted by Crippen LogP contribution is 2.29. The van der Waals surface area contributed by atoms with Crippen LogP contribution in [0, 0.1) is 0 Å². The number of anilines is 1. The molecule has 1 N–H and O–H groups in total. The summed E-state index contributed by atoms with van der Waals surface area (Å²) in [6.07, 6.45) is 4.15. The van der Waals surface area contributed by atoms with Crippen LogP contribution >= 0.6 is 0 Å². The quantitative estimate of drug-likeness (QED) is 0.700. The molecule has 2 aliphatic rings. The zero-order chi connectivity index (χ0) is 21.0. The summed E-state index contributed by atoms with van der Waals surface area (Å²) < 4.78 is 29.0. The van der Waals surface area contributed by atoms with Crippen molar-refractivity contribution >= 4 is 33.3 Å². The molecule has 0 radical (unpaired) electrons. The number of sulfone groups is 1. The number of nitrogens with zero attached hydrogens (tertiary/aromatic N) is 1. The SMILES string of the molecule is CC(=O)Nc1ccc(C(=O)OCC(=O)N(C2CCCC2)[C@H]2CCS(=O)(=O)C2)cc1. The van der Waals surface area contributed by atoms with E-state index in [2.05, 4.69) is 5.32 Å². The minimum atomic E-state index is -3.12. The van der Waals surface area contributed by atoms with E-state index in [9.17, 15) is 22.8 Å². The topological polar surface area (TPSA) is 110 Å². The lowest BCUT2D eigenvalue weighted by Crippen LogP contribution is -2.48. The average Bonchev–Trinajstić information content (AvgIpc) is 3.30. The summed E-state index contributed by atoms with van der Waals surface area (Å²) in [7, 11) is -3.12. The fraction of sp³-hybridized carbons (Fsp3) is 0.550. The minimum absolute atomic E-state index is 0.0106. The second-order valence-electron chi connectivity index (χ2n) is 7.63. The van der Waals surface area contributed by atoms with Crippen LogP contribution in [0.25, 0.3) is 0 Å². The molecule has 1 aromatic rings. The van der Waals surface area contributed by atoms with Crippen LogP contribution in [-0.4, -0.2) is 61.3 Å². The van der Waals surface area contributed by atoms with Gasteiger partial charge in [-0.3, -0.25) is 9.59 Å². The van der Waals surface area contributed by atoms with E-state index < -0.39 is 22.4 Å². The largest absolute Gasteiger partial charge is 0.452 e. The molecule has 2 amide bonds. The van der Waals surface area contributed by atoms with Gasteiger partial charge in [-0.2, -0.15) is 0 Å². The monoisotopic (exact) mass is 422 g/mol. The van der Waals surface area contributed by atoms with Crippen LogP contribution in [-0.2, 0) is 24.2 Å². The van der Waals surface area contributed by atoms with E-state index in [4.69, 9.17) is 4.74 Å². The van der Waals surface area contributed by atoms with Gasteiger partial charge in [0.25, 0.3) is 5.91 Å². The van der Waals surface area contributed by atoms with Gasteiger partial charge in [0.1, 0.15) is 0 Å². The van der Waals surface area contributed by atoms with E-state index >= 15 is 0 Å². The Hall–Kier alpha value is -2.42. The van der Waals surface area contributed by atoms with Crippen LogP contribution in [0.15, 0.2) is 24.3 Å². The van der Waals surface area contributed by atoms with Crippen LogP contribution in [0.5, 0.6) is 0 Å². The normalized spacial score (nSPS) is 20.9. The van der Waals surface area contributed by atoms with Crippen LogP contribution in [0.4, 0.5) is 5.69 Å². The lowest BCUT2D eigenvalue weighted by atomic mass is 10.1. The molecular weight excluding hydrogens is 396 g/mol. The number of hydrogen-bond acceptors (Lipinski definition) is 6. The molecule has 8 nitrogen and oxygen atoms in total. The molecule has 158 valence electrons. The first kappa shape index (κ1) is 21.3. The number of esters is 1. The van der Waals surface area contributed by atoms with Crippen LogP contribution in [0.3, 0.4) is 0 Å². The average molecular weight is 423 g/mol. The summed E-state index contributed by atoms with van der Waals surface area (Å²) in [4.78, 5) is 37.8. The molecule has 1 atom stereocenters. The molecular formula is C20H26N2O6S. The third-order valence-electron chi connectivity index (χ3n) is 5.38. The van der Waals surface area contributed by atoms with Crippen molar-refractivity contribution in [2.24, 2.45) is 0 Å². The fourth-order valence-electron chi connectivity index (χ4n) is 4.06. The summed E-state index contributed by atoms with van der Waals surface area (Å²) in [6.45, 7) is 0.971. The van der Waals surface area contributed by atoms with E-state index in [0.717, 1.165) is 25.7 Å². The predicted molar refractivity (Wildman–Crippen MR) is 107 cm³/mol. The van der Waals surface area contributed by atoms with E-state index in [1.807, 2.05) is 0 Å². The molecule has 3 rings (SSSR count). The molecule has 29 heavy (non-hydrogen) atoms. The lowest BCUT2D eigenvalue weighted by molar-refractivity contribution is -0.139. The highest BCUT2D eigenvalue weighted by Gasteiger charge is 2.39. The molecule has 0 bridgehead atoms. The highest BCUT2D eigenvalue weighted by atomic mass is 32.2. The number of amides is 2. The smallest absolute Gasteiger partial charge is 0.338 e. The first-order valence-corrected chi connectivity index (χ1v) is 11.6. The van der Waals surface area contributed by atoms with Crippen LogP contribution in [0.1, 0.15) is 49.4 Å². The van der Waals surface area contributed by atoms with Gasteiger partial charge in [-0.1, -0.05) is 12.8 Å². The minimum Gasteiger partial charge on any atom is -0.452 e. The van der Waals surface area contributed by atoms with E-state index in [1.54, 1.807) is 17.0 Å². The fourth-order valence-corrected chi connectivity index (χ4v) is 5.77. The number of nitrogens with one attached hydrogen (secondary N) is 1. The Morgan fingerprint density at radius 3 is 2.28 bits per heavy atom. The maximum absolute atomic E-state index is 12.8. The van der Waals surface area contributed by atoms with Crippen molar-refractivity contribution in [2.45, 2.75) is 51.1 Å². The number of rotatable bonds is 6. The van der Waals surface area contributed by atoms with Gasteiger partial charge in [-0.05, 0) is 43.5 Å². The summed E-state index contributed by atoms with van der Waals surface area (Å²) in [5.41, 5.74) is 0.822. The van der Waals surface area contributed by atoms with Gasteiger partial charge in [0.2, 0.25) is 5.91 Å². The number of benzene rings is 1. The molecule has 9 heteroatoms. The Kier molecular flexibility index (Phi) is 6.56. The molecule has 1 aromatic carbocycles. The molecule has 0 aromatic heterocycles. The van der Waals surface area contributed by atoms with Gasteiger partial charge in [-0.25, -0.2) is 13.2 Å². The maximum atomic E-state index is 12.8. The van der Waals surface area contributed by atoms with Crippen molar-refractivity contribution in [3.05, 3.63) is 29.8 Å². The summed E-state index contributed by atoms with van der Waals surface area (Å²) in [6, 6.07) is 5.84. The predicted octanol–water partition coefficient (Wildman–Crippen LogP) is 1.76. The molecule has 0 spiro atoms. The second kappa shape index (κ2) is 8.94. The Morgan fingerprint density at radius 1 is 1.07 bits per heavy atom. The van der Waals surface area contributed by atoms with Crippen molar-refractivity contribution in [1.82, 2.24) is 4.90 Å². The van der Waals surface area contributed by atoms with Gasteiger partial charge in [-0.15, -0.1) is 0 Å². The first-order valence-electron chi connectivity index (χ1n) is 9.81. The number of carbonyl (C=O) groups excluding carboxylic acids is 3. The number of ether oxygens (including phenoxy) is 1.